The summed E-state index contributed by atoms with van der Waals surface area (Å²) in [5.74, 6) is -0.682. The van der Waals surface area contributed by atoms with E-state index in [-0.39, 0.29) is 6.10 Å². The number of ether oxygens (including phenoxy) is 1. The van der Waals surface area contributed by atoms with Crippen molar-refractivity contribution in [3.63, 3.8) is 0 Å². The first-order chi connectivity index (χ1) is 8.04. The monoisotopic (exact) mass is 237 g/mol. The van der Waals surface area contributed by atoms with Crippen molar-refractivity contribution in [1.82, 2.24) is 4.98 Å². The molecule has 4 heteroatoms. The minimum atomic E-state index is -0.810. The van der Waals surface area contributed by atoms with Crippen LogP contribution in [0.25, 0.3) is 0 Å². The van der Waals surface area contributed by atoms with Gasteiger partial charge >= 0.3 is 5.97 Å². The fourth-order valence-electron chi connectivity index (χ4n) is 1.68. The highest BCUT2D eigenvalue weighted by Crippen LogP contribution is 2.24. The number of aromatic nitrogens is 1. The second-order valence-electron chi connectivity index (χ2n) is 4.30. The lowest BCUT2D eigenvalue weighted by Crippen LogP contribution is -2.12. The highest BCUT2D eigenvalue weighted by atomic mass is 16.5. The van der Waals surface area contributed by atoms with Crippen molar-refractivity contribution in [2.75, 3.05) is 0 Å². The first-order valence-electron chi connectivity index (χ1n) is 5.89. The third-order valence-electron chi connectivity index (χ3n) is 2.38. The number of carboxylic acids is 1. The molecule has 0 aromatic carbocycles. The van der Waals surface area contributed by atoms with E-state index in [2.05, 4.69) is 4.98 Å². The Kier molecular flexibility index (Phi) is 4.94. The maximum absolute atomic E-state index is 11.2. The summed E-state index contributed by atoms with van der Waals surface area (Å²) in [7, 11) is 0. The molecule has 0 radical (unpaired) electrons. The number of aliphatic carboxylic acids is 1. The van der Waals surface area contributed by atoms with Gasteiger partial charge in [0.25, 0.3) is 0 Å². The lowest BCUT2D eigenvalue weighted by Gasteiger charge is -2.14. The molecule has 1 aromatic heterocycles. The molecule has 17 heavy (non-hydrogen) atoms. The lowest BCUT2D eigenvalue weighted by atomic mass is 9.96. The molecule has 0 amide bonds. The van der Waals surface area contributed by atoms with Crippen LogP contribution in [0.2, 0.25) is 0 Å². The van der Waals surface area contributed by atoms with Gasteiger partial charge in [0, 0.05) is 6.20 Å². The Morgan fingerprint density at radius 2 is 2.18 bits per heavy atom. The number of carboxylic acid groups (broad SMARTS) is 1. The Morgan fingerprint density at radius 3 is 2.71 bits per heavy atom. The molecule has 0 bridgehead atoms. The summed E-state index contributed by atoms with van der Waals surface area (Å²) in [6.45, 7) is 5.82. The zero-order chi connectivity index (χ0) is 12.8. The second-order valence-corrected chi connectivity index (χ2v) is 4.30. The molecule has 1 atom stereocenters. The third kappa shape index (κ3) is 4.06. The molecule has 0 spiro atoms. The Hall–Kier alpha value is -1.58. The Labute approximate surface area is 102 Å². The number of nitrogens with zero attached hydrogens (tertiary/aromatic N) is 1. The summed E-state index contributed by atoms with van der Waals surface area (Å²) in [5, 5.41) is 9.16. The van der Waals surface area contributed by atoms with Crippen molar-refractivity contribution in [2.24, 2.45) is 0 Å². The molecule has 0 saturated carbocycles. The van der Waals surface area contributed by atoms with Crippen LogP contribution in [0.1, 0.15) is 45.1 Å². The van der Waals surface area contributed by atoms with E-state index in [1.807, 2.05) is 20.8 Å². The van der Waals surface area contributed by atoms with Gasteiger partial charge < -0.3 is 9.84 Å². The maximum atomic E-state index is 11.2. The largest absolute Gasteiger partial charge is 0.489 e. The van der Waals surface area contributed by atoms with E-state index >= 15 is 0 Å². The van der Waals surface area contributed by atoms with Crippen LogP contribution < -0.4 is 4.74 Å². The summed E-state index contributed by atoms with van der Waals surface area (Å²) >= 11 is 0. The van der Waals surface area contributed by atoms with Gasteiger partial charge in [-0.15, -0.1) is 0 Å². The predicted molar refractivity (Wildman–Crippen MR) is 65.3 cm³/mol. The molecule has 0 aliphatic heterocycles. The van der Waals surface area contributed by atoms with Gasteiger partial charge in [-0.25, -0.2) is 0 Å². The van der Waals surface area contributed by atoms with E-state index in [1.165, 1.54) is 0 Å². The Balaban J connectivity index is 2.91. The summed E-state index contributed by atoms with van der Waals surface area (Å²) < 4.78 is 5.51. The van der Waals surface area contributed by atoms with Crippen molar-refractivity contribution in [1.29, 1.82) is 0 Å². The molecule has 0 aliphatic carbocycles. The van der Waals surface area contributed by atoms with Crippen molar-refractivity contribution < 1.29 is 14.6 Å². The summed E-state index contributed by atoms with van der Waals surface area (Å²) in [6, 6.07) is 1.77. The van der Waals surface area contributed by atoms with Gasteiger partial charge in [-0.2, -0.15) is 0 Å². The van der Waals surface area contributed by atoms with Gasteiger partial charge in [0.1, 0.15) is 5.75 Å². The standard InChI is InChI=1S/C13H19NO3/c1-4-5-12(13(15)16)10-6-11(8-14-7-10)17-9(2)3/h6-9,12H,4-5H2,1-3H3,(H,15,16). The van der Waals surface area contributed by atoms with Crippen LogP contribution in [0.4, 0.5) is 0 Å². The van der Waals surface area contributed by atoms with Gasteiger partial charge in [0.05, 0.1) is 18.2 Å². The van der Waals surface area contributed by atoms with Crippen LogP contribution in [-0.2, 0) is 4.79 Å². The van der Waals surface area contributed by atoms with Gasteiger partial charge in [-0.05, 0) is 31.9 Å². The third-order valence-corrected chi connectivity index (χ3v) is 2.38. The quantitative estimate of drug-likeness (QED) is 0.826. The SMILES string of the molecule is CCCC(C(=O)O)c1cncc(OC(C)C)c1. The molecule has 1 heterocycles. The molecule has 1 aromatic rings. The van der Waals surface area contributed by atoms with Crippen LogP contribution in [0.3, 0.4) is 0 Å². The Bertz CT molecular complexity index is 377. The van der Waals surface area contributed by atoms with Crippen LogP contribution in [0.15, 0.2) is 18.5 Å². The molecule has 1 unspecified atom stereocenters. The van der Waals surface area contributed by atoms with Crippen molar-refractivity contribution in [2.45, 2.75) is 45.6 Å². The van der Waals surface area contributed by atoms with Crippen molar-refractivity contribution in [3.8, 4) is 5.75 Å². The first-order valence-corrected chi connectivity index (χ1v) is 5.89. The number of hydrogen-bond donors (Lipinski definition) is 1. The van der Waals surface area contributed by atoms with Crippen LogP contribution in [-0.4, -0.2) is 22.2 Å². The summed E-state index contributed by atoms with van der Waals surface area (Å²) in [5.41, 5.74) is 0.706. The molecular weight excluding hydrogens is 218 g/mol. The number of carbonyl (C=O) groups is 1. The van der Waals surface area contributed by atoms with E-state index in [1.54, 1.807) is 18.5 Å². The molecule has 4 nitrogen and oxygen atoms in total. The molecule has 0 fully saturated rings. The Morgan fingerprint density at radius 1 is 1.47 bits per heavy atom. The van der Waals surface area contributed by atoms with Gasteiger partial charge in [0.15, 0.2) is 0 Å². The van der Waals surface area contributed by atoms with Crippen molar-refractivity contribution >= 4 is 5.97 Å². The fourth-order valence-corrected chi connectivity index (χ4v) is 1.68. The molecule has 0 saturated heterocycles. The average Bonchev–Trinajstić information content (AvgIpc) is 2.24. The van der Waals surface area contributed by atoms with E-state index < -0.39 is 11.9 Å². The molecular formula is C13H19NO3. The van der Waals surface area contributed by atoms with E-state index in [4.69, 9.17) is 9.84 Å². The van der Waals surface area contributed by atoms with E-state index in [0.717, 1.165) is 6.42 Å². The van der Waals surface area contributed by atoms with Crippen LogP contribution in [0.5, 0.6) is 5.75 Å². The zero-order valence-corrected chi connectivity index (χ0v) is 10.5. The maximum Gasteiger partial charge on any atom is 0.311 e. The lowest BCUT2D eigenvalue weighted by molar-refractivity contribution is -0.139. The fraction of sp³-hybridized carbons (Fsp3) is 0.538. The highest BCUT2D eigenvalue weighted by molar-refractivity contribution is 5.76. The number of pyridine rings is 1. The normalized spacial score (nSPS) is 12.5. The molecule has 1 N–H and O–H groups in total. The topological polar surface area (TPSA) is 59.4 Å². The first kappa shape index (κ1) is 13.5. The van der Waals surface area contributed by atoms with Crippen LogP contribution in [0, 0.1) is 0 Å². The highest BCUT2D eigenvalue weighted by Gasteiger charge is 2.19. The smallest absolute Gasteiger partial charge is 0.311 e. The number of rotatable bonds is 6. The average molecular weight is 237 g/mol. The number of hydrogen-bond acceptors (Lipinski definition) is 3. The van der Waals surface area contributed by atoms with E-state index in [0.29, 0.717) is 17.7 Å². The van der Waals surface area contributed by atoms with Crippen molar-refractivity contribution in [3.05, 3.63) is 24.0 Å². The van der Waals surface area contributed by atoms with Gasteiger partial charge in [0.2, 0.25) is 0 Å². The minimum Gasteiger partial charge on any atom is -0.489 e. The van der Waals surface area contributed by atoms with Gasteiger partial charge in [-0.3, -0.25) is 9.78 Å². The van der Waals surface area contributed by atoms with E-state index in [9.17, 15) is 4.79 Å². The molecule has 1 rings (SSSR count). The predicted octanol–water partition coefficient (Wildman–Crippen LogP) is 2.84. The summed E-state index contributed by atoms with van der Waals surface area (Å²) in [6.07, 6.45) is 4.70. The second kappa shape index (κ2) is 6.23. The minimum absolute atomic E-state index is 0.0569. The zero-order valence-electron chi connectivity index (χ0n) is 10.5. The summed E-state index contributed by atoms with van der Waals surface area (Å²) in [4.78, 5) is 15.2. The van der Waals surface area contributed by atoms with Crippen LogP contribution >= 0.6 is 0 Å². The molecule has 0 aliphatic rings. The molecule has 94 valence electrons. The van der Waals surface area contributed by atoms with Gasteiger partial charge in [-0.1, -0.05) is 13.3 Å².